The minimum atomic E-state index is -0.147. The van der Waals surface area contributed by atoms with E-state index >= 15 is 0 Å². The van der Waals surface area contributed by atoms with Gasteiger partial charge in [0.25, 0.3) is 5.91 Å². The van der Waals surface area contributed by atoms with Crippen LogP contribution in [-0.4, -0.2) is 10.9 Å². The summed E-state index contributed by atoms with van der Waals surface area (Å²) in [5.41, 5.74) is 3.81. The number of anilines is 1. The molecule has 3 nitrogen and oxygen atoms in total. The van der Waals surface area contributed by atoms with Crippen molar-refractivity contribution in [2.45, 2.75) is 13.8 Å². The molecule has 0 atom stereocenters. The Morgan fingerprint density at radius 2 is 2.00 bits per heavy atom. The normalized spacial score (nSPS) is 10.8. The first kappa shape index (κ1) is 14.2. The highest BCUT2D eigenvalue weighted by Gasteiger charge is 2.11. The number of nitrogens with zero attached hydrogens (tertiary/aromatic N) is 1. The zero-order chi connectivity index (χ0) is 15.0. The van der Waals surface area contributed by atoms with Gasteiger partial charge in [-0.25, -0.2) is 4.98 Å². The molecule has 0 aliphatic rings. The van der Waals surface area contributed by atoms with Crippen LogP contribution >= 0.6 is 27.3 Å². The van der Waals surface area contributed by atoms with Gasteiger partial charge >= 0.3 is 0 Å². The summed E-state index contributed by atoms with van der Waals surface area (Å²) in [5.74, 6) is -0.147. The third-order valence-corrected chi connectivity index (χ3v) is 4.99. The number of rotatable bonds is 2. The van der Waals surface area contributed by atoms with Gasteiger partial charge in [0.2, 0.25) is 0 Å². The van der Waals surface area contributed by atoms with Gasteiger partial charge in [0, 0.05) is 10.0 Å². The second-order valence-electron chi connectivity index (χ2n) is 4.91. The van der Waals surface area contributed by atoms with Crippen molar-refractivity contribution >= 4 is 48.5 Å². The molecule has 2 aromatic carbocycles. The van der Waals surface area contributed by atoms with Gasteiger partial charge in [-0.15, -0.1) is 0 Å². The fourth-order valence-electron chi connectivity index (χ4n) is 1.99. The van der Waals surface area contributed by atoms with Crippen LogP contribution in [0.25, 0.3) is 10.2 Å². The highest BCUT2D eigenvalue weighted by atomic mass is 79.9. The summed E-state index contributed by atoms with van der Waals surface area (Å²) in [4.78, 5) is 16.7. The molecule has 0 aliphatic carbocycles. The van der Waals surface area contributed by atoms with E-state index in [4.69, 9.17) is 0 Å². The van der Waals surface area contributed by atoms with Gasteiger partial charge in [-0.1, -0.05) is 39.4 Å². The largest absolute Gasteiger partial charge is 0.298 e. The van der Waals surface area contributed by atoms with Gasteiger partial charge < -0.3 is 0 Å². The molecule has 1 amide bonds. The summed E-state index contributed by atoms with van der Waals surface area (Å²) in [7, 11) is 0. The molecule has 0 bridgehead atoms. The Morgan fingerprint density at radius 3 is 2.76 bits per heavy atom. The Kier molecular flexibility index (Phi) is 3.78. The molecule has 21 heavy (non-hydrogen) atoms. The summed E-state index contributed by atoms with van der Waals surface area (Å²) in [5, 5.41) is 3.48. The lowest BCUT2D eigenvalue weighted by Gasteiger charge is -2.03. The standard InChI is InChI=1S/C16H13BrN2OS/c1-9-3-6-13-14(7-9)21-16(18-13)19-15(20)11-5-4-10(2)12(17)8-11/h3-8H,1-2H3,(H,18,19,20). The third kappa shape index (κ3) is 2.99. The number of nitrogens with one attached hydrogen (secondary N) is 1. The predicted molar refractivity (Wildman–Crippen MR) is 91.2 cm³/mol. The maximum absolute atomic E-state index is 12.3. The Labute approximate surface area is 135 Å². The Bertz CT molecular complexity index is 841. The van der Waals surface area contributed by atoms with Crippen molar-refractivity contribution < 1.29 is 4.79 Å². The van der Waals surface area contributed by atoms with Crippen LogP contribution in [0.1, 0.15) is 21.5 Å². The van der Waals surface area contributed by atoms with Crippen LogP contribution in [0.2, 0.25) is 0 Å². The van der Waals surface area contributed by atoms with E-state index in [1.165, 1.54) is 16.9 Å². The summed E-state index contributed by atoms with van der Waals surface area (Å²) in [6.07, 6.45) is 0. The zero-order valence-electron chi connectivity index (χ0n) is 11.6. The first-order chi connectivity index (χ1) is 10.0. The van der Waals surface area contributed by atoms with E-state index in [0.717, 1.165) is 20.3 Å². The number of aryl methyl sites for hydroxylation is 2. The Hall–Kier alpha value is -1.72. The van der Waals surface area contributed by atoms with Crippen LogP contribution in [0.3, 0.4) is 0 Å². The van der Waals surface area contributed by atoms with Crippen molar-refractivity contribution in [1.29, 1.82) is 0 Å². The number of carbonyl (C=O) groups is 1. The van der Waals surface area contributed by atoms with Gasteiger partial charge in [-0.2, -0.15) is 0 Å². The summed E-state index contributed by atoms with van der Waals surface area (Å²) >= 11 is 4.93. The maximum Gasteiger partial charge on any atom is 0.257 e. The van der Waals surface area contributed by atoms with Gasteiger partial charge in [-0.3, -0.25) is 10.1 Å². The van der Waals surface area contributed by atoms with Crippen LogP contribution in [0.15, 0.2) is 40.9 Å². The van der Waals surface area contributed by atoms with Gasteiger partial charge in [-0.05, 0) is 49.2 Å². The SMILES string of the molecule is Cc1ccc2nc(NC(=O)c3ccc(C)c(Br)c3)sc2c1. The molecule has 0 fully saturated rings. The number of thiazole rings is 1. The minimum Gasteiger partial charge on any atom is -0.298 e. The molecule has 1 N–H and O–H groups in total. The van der Waals surface area contributed by atoms with Crippen molar-refractivity contribution in [2.75, 3.05) is 5.32 Å². The fourth-order valence-corrected chi connectivity index (χ4v) is 3.33. The van der Waals surface area contributed by atoms with E-state index in [1.54, 1.807) is 0 Å². The molecule has 0 aliphatic heterocycles. The lowest BCUT2D eigenvalue weighted by atomic mass is 10.1. The summed E-state index contributed by atoms with van der Waals surface area (Å²) in [6.45, 7) is 4.03. The molecule has 0 saturated heterocycles. The van der Waals surface area contributed by atoms with Crippen molar-refractivity contribution in [3.05, 3.63) is 57.6 Å². The van der Waals surface area contributed by atoms with Crippen LogP contribution in [0, 0.1) is 13.8 Å². The Morgan fingerprint density at radius 1 is 1.19 bits per heavy atom. The second-order valence-corrected chi connectivity index (χ2v) is 6.79. The smallest absolute Gasteiger partial charge is 0.257 e. The second kappa shape index (κ2) is 5.58. The van der Waals surface area contributed by atoms with Gasteiger partial charge in [0.15, 0.2) is 5.13 Å². The number of benzene rings is 2. The van der Waals surface area contributed by atoms with Crippen LogP contribution in [0.4, 0.5) is 5.13 Å². The van der Waals surface area contributed by atoms with Crippen LogP contribution < -0.4 is 5.32 Å². The molecule has 0 radical (unpaired) electrons. The number of halogens is 1. The molecule has 1 heterocycles. The first-order valence-electron chi connectivity index (χ1n) is 6.47. The molecule has 1 aromatic heterocycles. The van der Waals surface area contributed by atoms with Gasteiger partial charge in [0.05, 0.1) is 10.2 Å². The van der Waals surface area contributed by atoms with E-state index in [2.05, 4.69) is 32.3 Å². The lowest BCUT2D eigenvalue weighted by molar-refractivity contribution is 0.102. The average molecular weight is 361 g/mol. The van der Waals surface area contributed by atoms with E-state index in [9.17, 15) is 4.79 Å². The number of carbonyl (C=O) groups excluding carboxylic acids is 1. The topological polar surface area (TPSA) is 42.0 Å². The highest BCUT2D eigenvalue weighted by Crippen LogP contribution is 2.27. The molecule has 0 unspecified atom stereocenters. The van der Waals surface area contributed by atoms with E-state index < -0.39 is 0 Å². The van der Waals surface area contributed by atoms with Crippen molar-refractivity contribution in [1.82, 2.24) is 4.98 Å². The van der Waals surface area contributed by atoms with Crippen molar-refractivity contribution in [3.63, 3.8) is 0 Å². The molecular formula is C16H13BrN2OS. The number of fused-ring (bicyclic) bond motifs is 1. The minimum absolute atomic E-state index is 0.147. The summed E-state index contributed by atoms with van der Waals surface area (Å²) < 4.78 is 2.01. The van der Waals surface area contributed by atoms with Crippen molar-refractivity contribution in [3.8, 4) is 0 Å². The van der Waals surface area contributed by atoms with Crippen molar-refractivity contribution in [2.24, 2.45) is 0 Å². The summed E-state index contributed by atoms with van der Waals surface area (Å²) in [6, 6.07) is 11.6. The number of aromatic nitrogens is 1. The monoisotopic (exact) mass is 360 g/mol. The average Bonchev–Trinajstić information content (AvgIpc) is 2.83. The Balaban J connectivity index is 1.87. The predicted octanol–water partition coefficient (Wildman–Crippen LogP) is 4.93. The molecule has 3 aromatic rings. The lowest BCUT2D eigenvalue weighted by Crippen LogP contribution is -2.11. The number of hydrogen-bond acceptors (Lipinski definition) is 3. The maximum atomic E-state index is 12.3. The molecular weight excluding hydrogens is 348 g/mol. The molecule has 5 heteroatoms. The number of amides is 1. The third-order valence-electron chi connectivity index (χ3n) is 3.20. The quantitative estimate of drug-likeness (QED) is 0.703. The zero-order valence-corrected chi connectivity index (χ0v) is 14.0. The van der Waals surface area contributed by atoms with Gasteiger partial charge in [0.1, 0.15) is 0 Å². The molecule has 3 rings (SSSR count). The highest BCUT2D eigenvalue weighted by molar-refractivity contribution is 9.10. The molecule has 0 spiro atoms. The fraction of sp³-hybridized carbons (Fsp3) is 0.125. The van der Waals surface area contributed by atoms with Crippen LogP contribution in [0.5, 0.6) is 0 Å². The molecule has 106 valence electrons. The first-order valence-corrected chi connectivity index (χ1v) is 8.08. The number of hydrogen-bond donors (Lipinski definition) is 1. The van der Waals surface area contributed by atoms with E-state index in [-0.39, 0.29) is 5.91 Å². The van der Waals surface area contributed by atoms with E-state index in [1.807, 2.05) is 44.2 Å². The molecule has 0 saturated carbocycles. The van der Waals surface area contributed by atoms with Crippen LogP contribution in [-0.2, 0) is 0 Å². The van der Waals surface area contributed by atoms with E-state index in [0.29, 0.717) is 10.7 Å².